The predicted octanol–water partition coefficient (Wildman–Crippen LogP) is 3.01. The van der Waals surface area contributed by atoms with Crippen LogP contribution in [0, 0.1) is 16.7 Å². The Balaban J connectivity index is 5.49. The second-order valence-corrected chi connectivity index (χ2v) is 5.85. The van der Waals surface area contributed by atoms with Gasteiger partial charge in [0, 0.05) is 0 Å². The van der Waals surface area contributed by atoms with E-state index in [2.05, 4.69) is 0 Å². The summed E-state index contributed by atoms with van der Waals surface area (Å²) in [5, 5.41) is 18.7. The third-order valence-electron chi connectivity index (χ3n) is 3.28. The number of carboxylic acid groups (broad SMARTS) is 2. The maximum atomic E-state index is 11.6. The molecule has 100 valence electrons. The molecule has 0 aliphatic rings. The Morgan fingerprint density at radius 1 is 1.12 bits per heavy atom. The van der Waals surface area contributed by atoms with Gasteiger partial charge in [-0.05, 0) is 24.7 Å². The van der Waals surface area contributed by atoms with Gasteiger partial charge in [-0.1, -0.05) is 34.6 Å². The Morgan fingerprint density at radius 3 is 1.76 bits per heavy atom. The van der Waals surface area contributed by atoms with Gasteiger partial charge >= 0.3 is 11.9 Å². The van der Waals surface area contributed by atoms with Gasteiger partial charge in [-0.3, -0.25) is 9.59 Å². The maximum absolute atomic E-state index is 11.6. The molecule has 0 amide bonds. The first kappa shape index (κ1) is 15.9. The van der Waals surface area contributed by atoms with Crippen LogP contribution in [-0.4, -0.2) is 22.2 Å². The van der Waals surface area contributed by atoms with E-state index >= 15 is 0 Å². The van der Waals surface area contributed by atoms with Crippen LogP contribution in [0.5, 0.6) is 0 Å². The highest BCUT2D eigenvalue weighted by molar-refractivity contribution is 5.83. The number of carbonyl (C=O) groups is 2. The number of aliphatic carboxylic acids is 2. The van der Waals surface area contributed by atoms with Crippen LogP contribution in [0.4, 0.5) is 0 Å². The van der Waals surface area contributed by atoms with E-state index in [4.69, 9.17) is 0 Å². The highest BCUT2D eigenvalue weighted by Crippen LogP contribution is 2.44. The normalized spacial score (nSPS) is 17.2. The molecule has 2 N–H and O–H groups in total. The van der Waals surface area contributed by atoms with E-state index in [0.717, 1.165) is 0 Å². The van der Waals surface area contributed by atoms with Gasteiger partial charge in [0.2, 0.25) is 0 Å². The fraction of sp³-hybridized carbons (Fsp3) is 0.846. The molecule has 0 fully saturated rings. The number of hydrogen-bond donors (Lipinski definition) is 2. The summed E-state index contributed by atoms with van der Waals surface area (Å²) in [5.74, 6) is -2.84. The summed E-state index contributed by atoms with van der Waals surface area (Å²) in [6.07, 6.45) is 1.05. The molecule has 0 spiro atoms. The first-order valence-corrected chi connectivity index (χ1v) is 6.07. The third-order valence-corrected chi connectivity index (χ3v) is 3.28. The first-order valence-electron chi connectivity index (χ1n) is 6.07. The Morgan fingerprint density at radius 2 is 1.59 bits per heavy atom. The average molecular weight is 244 g/mol. The van der Waals surface area contributed by atoms with Crippen molar-refractivity contribution in [2.45, 2.75) is 53.9 Å². The Hall–Kier alpha value is -1.06. The minimum atomic E-state index is -1.17. The molecule has 4 nitrogen and oxygen atoms in total. The molecule has 0 bridgehead atoms. The topological polar surface area (TPSA) is 74.6 Å². The molecule has 0 aliphatic heterocycles. The van der Waals surface area contributed by atoms with Gasteiger partial charge in [0.1, 0.15) is 0 Å². The average Bonchev–Trinajstić information content (AvgIpc) is 2.14. The van der Waals surface area contributed by atoms with Gasteiger partial charge in [0.05, 0.1) is 11.3 Å². The molecule has 4 heteroatoms. The van der Waals surface area contributed by atoms with Gasteiger partial charge in [-0.25, -0.2) is 0 Å². The van der Waals surface area contributed by atoms with Crippen molar-refractivity contribution in [3.8, 4) is 0 Å². The van der Waals surface area contributed by atoms with E-state index in [1.165, 1.54) is 0 Å². The molecule has 0 rings (SSSR count). The highest BCUT2D eigenvalue weighted by atomic mass is 16.4. The largest absolute Gasteiger partial charge is 0.481 e. The summed E-state index contributed by atoms with van der Waals surface area (Å²) in [5.41, 5.74) is -1.38. The van der Waals surface area contributed by atoms with Crippen LogP contribution in [-0.2, 0) is 9.59 Å². The Kier molecular flexibility index (Phi) is 5.17. The van der Waals surface area contributed by atoms with E-state index in [0.29, 0.717) is 19.3 Å². The van der Waals surface area contributed by atoms with Crippen LogP contribution in [0.1, 0.15) is 53.9 Å². The predicted molar refractivity (Wildman–Crippen MR) is 65.8 cm³/mol. The summed E-state index contributed by atoms with van der Waals surface area (Å²) >= 11 is 0. The molecule has 0 radical (unpaired) electrons. The maximum Gasteiger partial charge on any atom is 0.310 e. The van der Waals surface area contributed by atoms with E-state index < -0.39 is 23.3 Å². The second kappa shape index (κ2) is 5.52. The molecule has 0 saturated heterocycles. The zero-order valence-electron chi connectivity index (χ0n) is 11.4. The van der Waals surface area contributed by atoms with Gasteiger partial charge in [0.15, 0.2) is 0 Å². The van der Waals surface area contributed by atoms with Crippen molar-refractivity contribution in [3.63, 3.8) is 0 Å². The molecule has 2 atom stereocenters. The molecule has 2 unspecified atom stereocenters. The van der Waals surface area contributed by atoms with Crippen molar-refractivity contribution < 1.29 is 19.8 Å². The van der Waals surface area contributed by atoms with Crippen molar-refractivity contribution in [3.05, 3.63) is 0 Å². The van der Waals surface area contributed by atoms with Crippen molar-refractivity contribution in [1.29, 1.82) is 0 Å². The van der Waals surface area contributed by atoms with Gasteiger partial charge in [0.25, 0.3) is 0 Å². The third kappa shape index (κ3) is 3.72. The summed E-state index contributed by atoms with van der Waals surface area (Å²) in [7, 11) is 0. The second-order valence-electron chi connectivity index (χ2n) is 5.85. The lowest BCUT2D eigenvalue weighted by molar-refractivity contribution is -0.166. The molecule has 0 aliphatic carbocycles. The lowest BCUT2D eigenvalue weighted by atomic mass is 9.64. The molecule has 0 aromatic rings. The molecule has 0 aromatic carbocycles. The van der Waals surface area contributed by atoms with Crippen molar-refractivity contribution >= 4 is 11.9 Å². The standard InChI is InChI=1S/C13H24O4/c1-6-9(10(14)15)13(7-2,11(16)17)8-12(3,4)5/h9H,6-8H2,1-5H3,(H,14,15)(H,16,17). The van der Waals surface area contributed by atoms with E-state index in [1.54, 1.807) is 13.8 Å². The minimum absolute atomic E-state index is 0.211. The zero-order chi connectivity index (χ0) is 13.9. The van der Waals surface area contributed by atoms with E-state index in [1.807, 2.05) is 20.8 Å². The minimum Gasteiger partial charge on any atom is -0.481 e. The smallest absolute Gasteiger partial charge is 0.310 e. The zero-order valence-corrected chi connectivity index (χ0v) is 11.4. The SMILES string of the molecule is CCC(C(=O)O)C(CC)(CC(C)(C)C)C(=O)O. The van der Waals surface area contributed by atoms with Gasteiger partial charge < -0.3 is 10.2 Å². The lowest BCUT2D eigenvalue weighted by Gasteiger charge is -2.38. The molecule has 0 aromatic heterocycles. The molecular formula is C13H24O4. The first-order chi connectivity index (χ1) is 7.60. The van der Waals surface area contributed by atoms with Crippen LogP contribution >= 0.6 is 0 Å². The fourth-order valence-corrected chi connectivity index (χ4v) is 2.62. The number of carboxylic acids is 2. The van der Waals surface area contributed by atoms with Crippen LogP contribution in [0.15, 0.2) is 0 Å². The van der Waals surface area contributed by atoms with Crippen molar-refractivity contribution in [1.82, 2.24) is 0 Å². The van der Waals surface area contributed by atoms with Gasteiger partial charge in [-0.2, -0.15) is 0 Å². The lowest BCUT2D eigenvalue weighted by Crippen LogP contribution is -2.44. The fourth-order valence-electron chi connectivity index (χ4n) is 2.62. The monoisotopic (exact) mass is 244 g/mol. The van der Waals surface area contributed by atoms with E-state index in [-0.39, 0.29) is 5.41 Å². The van der Waals surface area contributed by atoms with Crippen LogP contribution < -0.4 is 0 Å². The Labute approximate surface area is 103 Å². The Bertz CT molecular complexity index is 290. The van der Waals surface area contributed by atoms with Crippen molar-refractivity contribution in [2.75, 3.05) is 0 Å². The van der Waals surface area contributed by atoms with Crippen LogP contribution in [0.25, 0.3) is 0 Å². The van der Waals surface area contributed by atoms with Crippen molar-refractivity contribution in [2.24, 2.45) is 16.7 Å². The molecule has 0 saturated carbocycles. The molecule has 17 heavy (non-hydrogen) atoms. The summed E-state index contributed by atoms with van der Waals surface area (Å²) < 4.78 is 0. The van der Waals surface area contributed by atoms with Crippen LogP contribution in [0.2, 0.25) is 0 Å². The summed E-state index contributed by atoms with van der Waals surface area (Å²) in [4.78, 5) is 22.8. The number of hydrogen-bond acceptors (Lipinski definition) is 2. The molecular weight excluding hydrogens is 220 g/mol. The van der Waals surface area contributed by atoms with Gasteiger partial charge in [-0.15, -0.1) is 0 Å². The quantitative estimate of drug-likeness (QED) is 0.753. The summed E-state index contributed by atoms with van der Waals surface area (Å²) in [6, 6.07) is 0. The number of rotatable bonds is 6. The van der Waals surface area contributed by atoms with E-state index in [9.17, 15) is 19.8 Å². The highest BCUT2D eigenvalue weighted by Gasteiger charge is 2.49. The van der Waals surface area contributed by atoms with Crippen LogP contribution in [0.3, 0.4) is 0 Å². The summed E-state index contributed by atoms with van der Waals surface area (Å²) in [6.45, 7) is 9.30. The molecule has 0 heterocycles.